The normalized spacial score (nSPS) is 13.1. The number of fused-ring (bicyclic) bond motifs is 1. The van der Waals surface area contributed by atoms with Gasteiger partial charge in [0.1, 0.15) is 0 Å². The van der Waals surface area contributed by atoms with E-state index in [0.717, 1.165) is 34.1 Å². The summed E-state index contributed by atoms with van der Waals surface area (Å²) in [7, 11) is 0. The molecule has 0 bridgehead atoms. The quantitative estimate of drug-likeness (QED) is 0.148. The predicted molar refractivity (Wildman–Crippen MR) is 230 cm³/mol. The van der Waals surface area contributed by atoms with Gasteiger partial charge in [0.2, 0.25) is 0 Å². The Kier molecular flexibility index (Phi) is 9.48. The van der Waals surface area contributed by atoms with Crippen molar-refractivity contribution in [3.8, 4) is 22.3 Å². The first-order chi connectivity index (χ1) is 26.8. The molecule has 0 unspecified atom stereocenters. The maximum Gasteiger partial charge on any atom is 0.0546 e. The van der Waals surface area contributed by atoms with E-state index in [0.29, 0.717) is 5.92 Å². The van der Waals surface area contributed by atoms with E-state index in [-0.39, 0.29) is 0 Å². The highest BCUT2D eigenvalue weighted by Crippen LogP contribution is 2.46. The molecular formula is C52H44N2. The minimum Gasteiger partial charge on any atom is -0.311 e. The molecule has 0 heterocycles. The highest BCUT2D eigenvalue weighted by atomic mass is 15.2. The lowest BCUT2D eigenvalue weighted by Crippen LogP contribution is -2.13. The Hall–Kier alpha value is -6.38. The van der Waals surface area contributed by atoms with Gasteiger partial charge in [-0.05, 0) is 119 Å². The van der Waals surface area contributed by atoms with E-state index in [1.807, 2.05) is 0 Å². The Morgan fingerprint density at radius 1 is 0.333 bits per heavy atom. The number of para-hydroxylation sites is 1. The van der Waals surface area contributed by atoms with Crippen LogP contribution in [0.3, 0.4) is 0 Å². The van der Waals surface area contributed by atoms with Crippen LogP contribution in [0.2, 0.25) is 0 Å². The zero-order valence-electron chi connectivity index (χ0n) is 30.6. The van der Waals surface area contributed by atoms with Gasteiger partial charge in [-0.2, -0.15) is 0 Å². The smallest absolute Gasteiger partial charge is 0.0546 e. The SMILES string of the molecule is c1ccc(-c2ccc(N(c3ccccc3)c3ccc(N(c4ccc(C5CCCCC5)cc4)c4ccc5ccccc5c4-c4ccccc4)cc3)cc2)cc1. The van der Waals surface area contributed by atoms with Crippen molar-refractivity contribution in [1.82, 2.24) is 0 Å². The zero-order chi connectivity index (χ0) is 36.1. The molecule has 0 N–H and O–H groups in total. The first-order valence-electron chi connectivity index (χ1n) is 19.4. The lowest BCUT2D eigenvalue weighted by Gasteiger charge is -2.30. The predicted octanol–water partition coefficient (Wildman–Crippen LogP) is 15.2. The summed E-state index contributed by atoms with van der Waals surface area (Å²) in [5.41, 5.74) is 13.1. The number of anilines is 6. The molecule has 0 saturated heterocycles. The average molecular weight is 697 g/mol. The van der Waals surface area contributed by atoms with Crippen LogP contribution in [0.25, 0.3) is 33.0 Å². The van der Waals surface area contributed by atoms with E-state index in [9.17, 15) is 0 Å². The molecule has 0 amide bonds. The number of nitrogens with zero attached hydrogens (tertiary/aromatic N) is 2. The van der Waals surface area contributed by atoms with E-state index in [2.05, 4.69) is 210 Å². The van der Waals surface area contributed by atoms with Gasteiger partial charge in [0, 0.05) is 34.0 Å². The molecule has 54 heavy (non-hydrogen) atoms. The molecule has 0 atom stereocenters. The molecule has 0 radical (unpaired) electrons. The fourth-order valence-corrected chi connectivity index (χ4v) is 8.32. The van der Waals surface area contributed by atoms with Crippen LogP contribution in [0.5, 0.6) is 0 Å². The van der Waals surface area contributed by atoms with Gasteiger partial charge in [-0.15, -0.1) is 0 Å². The minimum absolute atomic E-state index is 0.659. The van der Waals surface area contributed by atoms with E-state index in [4.69, 9.17) is 0 Å². The molecule has 1 aliphatic carbocycles. The third kappa shape index (κ3) is 6.79. The van der Waals surface area contributed by atoms with Gasteiger partial charge < -0.3 is 9.80 Å². The second-order valence-corrected chi connectivity index (χ2v) is 14.4. The highest BCUT2D eigenvalue weighted by molar-refractivity contribution is 6.05. The van der Waals surface area contributed by atoms with E-state index in [1.54, 1.807) is 0 Å². The Balaban J connectivity index is 1.16. The van der Waals surface area contributed by atoms with Crippen LogP contribution in [0.1, 0.15) is 43.6 Å². The summed E-state index contributed by atoms with van der Waals surface area (Å²) in [6, 6.07) is 72.9. The summed E-state index contributed by atoms with van der Waals surface area (Å²) in [6.07, 6.45) is 6.61. The Bertz CT molecular complexity index is 2430. The molecule has 8 aromatic rings. The van der Waals surface area contributed by atoms with Crippen molar-refractivity contribution in [3.63, 3.8) is 0 Å². The molecule has 8 aromatic carbocycles. The first kappa shape index (κ1) is 33.5. The van der Waals surface area contributed by atoms with Gasteiger partial charge in [0.25, 0.3) is 0 Å². The summed E-state index contributed by atoms with van der Waals surface area (Å²) >= 11 is 0. The second-order valence-electron chi connectivity index (χ2n) is 14.4. The summed E-state index contributed by atoms with van der Waals surface area (Å²) < 4.78 is 0. The highest BCUT2D eigenvalue weighted by Gasteiger charge is 2.22. The van der Waals surface area contributed by atoms with Crippen LogP contribution in [0.15, 0.2) is 200 Å². The van der Waals surface area contributed by atoms with E-state index < -0.39 is 0 Å². The molecule has 262 valence electrons. The van der Waals surface area contributed by atoms with E-state index in [1.165, 1.54) is 70.7 Å². The molecule has 0 aromatic heterocycles. The van der Waals surface area contributed by atoms with Crippen LogP contribution >= 0.6 is 0 Å². The minimum atomic E-state index is 0.659. The Morgan fingerprint density at radius 2 is 0.796 bits per heavy atom. The van der Waals surface area contributed by atoms with Crippen LogP contribution in [-0.4, -0.2) is 0 Å². The molecule has 0 spiro atoms. The van der Waals surface area contributed by atoms with Crippen LogP contribution in [-0.2, 0) is 0 Å². The molecule has 2 nitrogen and oxygen atoms in total. The van der Waals surface area contributed by atoms with Crippen molar-refractivity contribution in [2.75, 3.05) is 9.80 Å². The third-order valence-corrected chi connectivity index (χ3v) is 11.1. The van der Waals surface area contributed by atoms with Crippen molar-refractivity contribution < 1.29 is 0 Å². The number of benzene rings is 8. The molecule has 2 heteroatoms. The van der Waals surface area contributed by atoms with Gasteiger partial charge >= 0.3 is 0 Å². The summed E-state index contributed by atoms with van der Waals surface area (Å²) in [5.74, 6) is 0.659. The lowest BCUT2D eigenvalue weighted by molar-refractivity contribution is 0.443. The number of rotatable bonds is 9. The fraction of sp³-hybridized carbons (Fsp3) is 0.115. The van der Waals surface area contributed by atoms with Crippen LogP contribution in [0.4, 0.5) is 34.1 Å². The topological polar surface area (TPSA) is 6.48 Å². The largest absolute Gasteiger partial charge is 0.311 e. The molecule has 1 saturated carbocycles. The van der Waals surface area contributed by atoms with Gasteiger partial charge in [0.15, 0.2) is 0 Å². The van der Waals surface area contributed by atoms with Gasteiger partial charge in [-0.1, -0.05) is 153 Å². The Morgan fingerprint density at radius 3 is 1.43 bits per heavy atom. The molecule has 0 aliphatic heterocycles. The fourth-order valence-electron chi connectivity index (χ4n) is 8.32. The first-order valence-corrected chi connectivity index (χ1v) is 19.4. The van der Waals surface area contributed by atoms with Crippen molar-refractivity contribution in [3.05, 3.63) is 206 Å². The number of hydrogen-bond donors (Lipinski definition) is 0. The Labute approximate surface area is 319 Å². The monoisotopic (exact) mass is 696 g/mol. The van der Waals surface area contributed by atoms with Crippen LogP contribution in [0, 0.1) is 0 Å². The second kappa shape index (κ2) is 15.3. The zero-order valence-corrected chi connectivity index (χ0v) is 30.6. The van der Waals surface area contributed by atoms with Gasteiger partial charge in [0.05, 0.1) is 5.69 Å². The van der Waals surface area contributed by atoms with Crippen molar-refractivity contribution in [1.29, 1.82) is 0 Å². The molecule has 9 rings (SSSR count). The third-order valence-electron chi connectivity index (χ3n) is 11.1. The van der Waals surface area contributed by atoms with Crippen LogP contribution < -0.4 is 9.80 Å². The van der Waals surface area contributed by atoms with Gasteiger partial charge in [-0.3, -0.25) is 0 Å². The molecular weight excluding hydrogens is 653 g/mol. The van der Waals surface area contributed by atoms with Crippen molar-refractivity contribution in [2.24, 2.45) is 0 Å². The lowest BCUT2D eigenvalue weighted by atomic mass is 9.84. The average Bonchev–Trinajstić information content (AvgIpc) is 3.26. The van der Waals surface area contributed by atoms with E-state index >= 15 is 0 Å². The van der Waals surface area contributed by atoms with Crippen molar-refractivity contribution >= 4 is 44.9 Å². The summed E-state index contributed by atoms with van der Waals surface area (Å²) in [4.78, 5) is 4.79. The van der Waals surface area contributed by atoms with Crippen molar-refractivity contribution in [2.45, 2.75) is 38.0 Å². The molecule has 1 fully saturated rings. The number of hydrogen-bond acceptors (Lipinski definition) is 2. The summed E-state index contributed by atoms with van der Waals surface area (Å²) in [6.45, 7) is 0. The summed E-state index contributed by atoms with van der Waals surface area (Å²) in [5, 5.41) is 2.48. The standard InChI is InChI=1S/C52H44N2/c1-5-15-39(16-6-1)41-25-30-46(31-26-41)53(45-22-11-4-12-23-45)47-34-36-49(37-35-47)54(48-32-27-42(28-33-48)40-17-7-2-8-18-40)51-38-29-43-19-13-14-24-50(43)52(51)44-20-9-3-10-21-44/h1,3-6,9-16,19-38,40H,2,7-8,17-18H2. The molecule has 1 aliphatic rings. The maximum absolute atomic E-state index is 2.45. The maximum atomic E-state index is 2.45. The van der Waals surface area contributed by atoms with Gasteiger partial charge in [-0.25, -0.2) is 0 Å².